The lowest BCUT2D eigenvalue weighted by molar-refractivity contribution is -0.138. The first kappa shape index (κ1) is 19.0. The molecule has 0 amide bonds. The topological polar surface area (TPSA) is 91.7 Å². The van der Waals surface area contributed by atoms with Crippen LogP contribution in [0.25, 0.3) is 0 Å². The molecule has 0 spiro atoms. The lowest BCUT2D eigenvalue weighted by Crippen LogP contribution is -2.15. The number of methoxy groups -OCH3 is 2. The van der Waals surface area contributed by atoms with Crippen LogP contribution in [0.15, 0.2) is 48.4 Å². The number of hydrogen-bond acceptors (Lipinski definition) is 7. The van der Waals surface area contributed by atoms with Gasteiger partial charge in [0.05, 0.1) is 26.5 Å². The quantitative estimate of drug-likeness (QED) is 0.570. The number of benzene rings is 1. The summed E-state index contributed by atoms with van der Waals surface area (Å²) in [6.45, 7) is 3.23. The lowest BCUT2D eigenvalue weighted by Gasteiger charge is -2.10. The SMILES string of the molecule is CCn1cc(COc2ccc(N/C(=C/C(=O)OC)C(=O)OC)cc2)cn1. The van der Waals surface area contributed by atoms with Gasteiger partial charge < -0.3 is 19.5 Å². The highest BCUT2D eigenvalue weighted by atomic mass is 16.5. The van der Waals surface area contributed by atoms with Gasteiger partial charge in [-0.15, -0.1) is 0 Å². The van der Waals surface area contributed by atoms with Crippen molar-refractivity contribution in [2.24, 2.45) is 0 Å². The maximum atomic E-state index is 11.7. The normalized spacial score (nSPS) is 11.0. The van der Waals surface area contributed by atoms with Gasteiger partial charge >= 0.3 is 11.9 Å². The lowest BCUT2D eigenvalue weighted by atomic mass is 10.2. The molecule has 0 aliphatic carbocycles. The average molecular weight is 359 g/mol. The number of ether oxygens (including phenoxy) is 3. The molecule has 2 rings (SSSR count). The van der Waals surface area contributed by atoms with E-state index in [9.17, 15) is 9.59 Å². The van der Waals surface area contributed by atoms with Crippen molar-refractivity contribution < 1.29 is 23.8 Å². The maximum absolute atomic E-state index is 11.7. The molecular weight excluding hydrogens is 338 g/mol. The van der Waals surface area contributed by atoms with Gasteiger partial charge in [-0.25, -0.2) is 9.59 Å². The van der Waals surface area contributed by atoms with Crippen molar-refractivity contribution in [2.45, 2.75) is 20.1 Å². The number of hydrogen-bond donors (Lipinski definition) is 1. The van der Waals surface area contributed by atoms with Crippen LogP contribution in [-0.4, -0.2) is 35.9 Å². The van der Waals surface area contributed by atoms with E-state index in [1.165, 1.54) is 14.2 Å². The smallest absolute Gasteiger partial charge is 0.354 e. The fourth-order valence-corrected chi connectivity index (χ4v) is 2.04. The summed E-state index contributed by atoms with van der Waals surface area (Å²) in [4.78, 5) is 23.1. The largest absolute Gasteiger partial charge is 0.489 e. The summed E-state index contributed by atoms with van der Waals surface area (Å²) >= 11 is 0. The maximum Gasteiger partial charge on any atom is 0.354 e. The van der Waals surface area contributed by atoms with Gasteiger partial charge in [-0.1, -0.05) is 0 Å². The summed E-state index contributed by atoms with van der Waals surface area (Å²) in [6, 6.07) is 6.94. The number of nitrogens with zero attached hydrogens (tertiary/aromatic N) is 2. The number of carbonyl (C=O) groups is 2. The third-order valence-corrected chi connectivity index (χ3v) is 3.42. The van der Waals surface area contributed by atoms with Gasteiger partial charge in [-0.05, 0) is 31.2 Å². The molecule has 0 unspecified atom stereocenters. The molecule has 0 bridgehead atoms. The van der Waals surface area contributed by atoms with Crippen LogP contribution in [0, 0.1) is 0 Å². The summed E-state index contributed by atoms with van der Waals surface area (Å²) in [7, 11) is 2.46. The first-order valence-corrected chi connectivity index (χ1v) is 7.95. The molecule has 0 fully saturated rings. The van der Waals surface area contributed by atoms with Gasteiger partial charge in [-0.2, -0.15) is 5.10 Å². The zero-order valence-electron chi connectivity index (χ0n) is 14.9. The van der Waals surface area contributed by atoms with Crippen LogP contribution in [0.5, 0.6) is 5.75 Å². The van der Waals surface area contributed by atoms with Crippen LogP contribution < -0.4 is 10.1 Å². The first-order chi connectivity index (χ1) is 12.5. The molecule has 26 heavy (non-hydrogen) atoms. The monoisotopic (exact) mass is 359 g/mol. The van der Waals surface area contributed by atoms with Crippen molar-refractivity contribution in [2.75, 3.05) is 19.5 Å². The minimum atomic E-state index is -0.677. The highest BCUT2D eigenvalue weighted by Gasteiger charge is 2.12. The number of aryl methyl sites for hydroxylation is 1. The van der Waals surface area contributed by atoms with Crippen molar-refractivity contribution in [3.05, 3.63) is 54.0 Å². The minimum Gasteiger partial charge on any atom is -0.489 e. The minimum absolute atomic E-state index is 0.0278. The number of carbonyl (C=O) groups excluding carboxylic acids is 2. The highest BCUT2D eigenvalue weighted by molar-refractivity contribution is 5.98. The molecule has 0 saturated heterocycles. The van der Waals surface area contributed by atoms with Crippen LogP contribution in [0.1, 0.15) is 12.5 Å². The molecule has 2 aromatic rings. The zero-order chi connectivity index (χ0) is 18.9. The number of nitrogens with one attached hydrogen (secondary N) is 1. The van der Waals surface area contributed by atoms with Crippen LogP contribution in [-0.2, 0) is 32.2 Å². The molecule has 0 atom stereocenters. The molecule has 1 aromatic carbocycles. The number of anilines is 1. The Morgan fingerprint density at radius 3 is 2.50 bits per heavy atom. The van der Waals surface area contributed by atoms with Crippen LogP contribution in [0.3, 0.4) is 0 Å². The predicted octanol–water partition coefficient (Wildman–Crippen LogP) is 2.12. The molecular formula is C18H21N3O5. The van der Waals surface area contributed by atoms with Crippen molar-refractivity contribution in [3.8, 4) is 5.75 Å². The molecule has 1 N–H and O–H groups in total. The summed E-state index contributed by atoms with van der Waals surface area (Å²) in [5.41, 5.74) is 1.54. The Morgan fingerprint density at radius 1 is 1.19 bits per heavy atom. The molecule has 8 nitrogen and oxygen atoms in total. The molecule has 138 valence electrons. The van der Waals surface area contributed by atoms with E-state index in [1.807, 2.05) is 17.8 Å². The molecule has 1 aromatic heterocycles. The molecule has 0 aliphatic rings. The van der Waals surface area contributed by atoms with Crippen molar-refractivity contribution in [1.82, 2.24) is 9.78 Å². The van der Waals surface area contributed by atoms with E-state index < -0.39 is 11.9 Å². The van der Waals surface area contributed by atoms with E-state index in [4.69, 9.17) is 4.74 Å². The second-order valence-electron chi connectivity index (χ2n) is 5.22. The number of esters is 2. The molecule has 0 aliphatic heterocycles. The summed E-state index contributed by atoms with van der Waals surface area (Å²) < 4.78 is 16.7. The fourth-order valence-electron chi connectivity index (χ4n) is 2.04. The predicted molar refractivity (Wildman–Crippen MR) is 94.4 cm³/mol. The Labute approximate surface area is 151 Å². The molecule has 0 saturated carbocycles. The van der Waals surface area contributed by atoms with Crippen LogP contribution in [0.4, 0.5) is 5.69 Å². The summed E-state index contributed by atoms with van der Waals surface area (Å²) in [5, 5.41) is 7.01. The van der Waals surface area contributed by atoms with Crippen LogP contribution >= 0.6 is 0 Å². The van der Waals surface area contributed by atoms with E-state index >= 15 is 0 Å². The number of aromatic nitrogens is 2. The van der Waals surface area contributed by atoms with Gasteiger partial charge in [-0.3, -0.25) is 4.68 Å². The molecule has 0 radical (unpaired) electrons. The summed E-state index contributed by atoms with van der Waals surface area (Å²) in [6.07, 6.45) is 4.72. The van der Waals surface area contributed by atoms with Gasteiger partial charge in [0.1, 0.15) is 18.1 Å². The van der Waals surface area contributed by atoms with Crippen molar-refractivity contribution in [3.63, 3.8) is 0 Å². The second kappa shape index (κ2) is 9.26. The van der Waals surface area contributed by atoms with Crippen molar-refractivity contribution in [1.29, 1.82) is 0 Å². The fraction of sp³-hybridized carbons (Fsp3) is 0.278. The Kier molecular flexibility index (Phi) is 6.78. The van der Waals surface area contributed by atoms with Gasteiger partial charge in [0.25, 0.3) is 0 Å². The Balaban J connectivity index is 1.99. The average Bonchev–Trinajstić information content (AvgIpc) is 3.14. The van der Waals surface area contributed by atoms with Gasteiger partial charge in [0, 0.05) is 24.0 Å². The van der Waals surface area contributed by atoms with E-state index in [0.717, 1.165) is 18.2 Å². The Morgan fingerprint density at radius 2 is 1.92 bits per heavy atom. The Bertz CT molecular complexity index is 780. The van der Waals surface area contributed by atoms with Crippen molar-refractivity contribution >= 4 is 17.6 Å². The van der Waals surface area contributed by atoms with E-state index in [0.29, 0.717) is 18.0 Å². The third kappa shape index (κ3) is 5.37. The molecule has 1 heterocycles. The van der Waals surface area contributed by atoms with E-state index in [-0.39, 0.29) is 5.70 Å². The van der Waals surface area contributed by atoms with E-state index in [2.05, 4.69) is 19.9 Å². The van der Waals surface area contributed by atoms with Gasteiger partial charge in [0.15, 0.2) is 0 Å². The third-order valence-electron chi connectivity index (χ3n) is 3.42. The highest BCUT2D eigenvalue weighted by Crippen LogP contribution is 2.18. The van der Waals surface area contributed by atoms with Gasteiger partial charge in [0.2, 0.25) is 0 Å². The zero-order valence-corrected chi connectivity index (χ0v) is 14.9. The Hall–Kier alpha value is -3.29. The summed E-state index contributed by atoms with van der Waals surface area (Å²) in [5.74, 6) is -0.675. The van der Waals surface area contributed by atoms with Crippen LogP contribution in [0.2, 0.25) is 0 Å². The van der Waals surface area contributed by atoms with E-state index in [1.54, 1.807) is 30.5 Å². The standard InChI is InChI=1S/C18H21N3O5/c1-4-21-11-13(10-19-21)12-26-15-7-5-14(6-8-15)20-16(18(23)25-3)9-17(22)24-2/h5-11,20H,4,12H2,1-3H3/b16-9+. The second-order valence-corrected chi connectivity index (χ2v) is 5.22. The number of rotatable bonds is 8. The first-order valence-electron chi connectivity index (χ1n) is 7.95. The molecule has 8 heteroatoms.